The number of nitrogens with one attached hydrogen (secondary N) is 1. The van der Waals surface area contributed by atoms with Crippen molar-refractivity contribution in [3.63, 3.8) is 0 Å². The van der Waals surface area contributed by atoms with Gasteiger partial charge in [0.25, 0.3) is 0 Å². The Morgan fingerprint density at radius 3 is 2.43 bits per heavy atom. The van der Waals surface area contributed by atoms with Gasteiger partial charge in [-0.05, 0) is 45.7 Å². The molecule has 1 aromatic heterocycles. The third kappa shape index (κ3) is 3.16. The van der Waals surface area contributed by atoms with Crippen molar-refractivity contribution in [2.24, 2.45) is 0 Å². The number of aromatic nitrogens is 1. The molecule has 0 aliphatic rings. The van der Waals surface area contributed by atoms with Gasteiger partial charge in [0.05, 0.1) is 0 Å². The predicted octanol–water partition coefficient (Wildman–Crippen LogP) is 2.95. The normalized spacial score (nSPS) is 13.4. The molecule has 0 saturated heterocycles. The fourth-order valence-electron chi connectivity index (χ4n) is 2.44. The Balaban J connectivity index is 2.35. The molecule has 0 saturated carbocycles. The van der Waals surface area contributed by atoms with Gasteiger partial charge >= 0.3 is 0 Å². The Kier molecular flexibility index (Phi) is 4.20. The van der Waals surface area contributed by atoms with Crippen LogP contribution in [-0.4, -0.2) is 13.6 Å². The van der Waals surface area contributed by atoms with E-state index in [-0.39, 0.29) is 10.9 Å². The summed E-state index contributed by atoms with van der Waals surface area (Å²) in [4.78, 5) is 0.125. The first-order valence-electron chi connectivity index (χ1n) is 6.74. The van der Waals surface area contributed by atoms with Gasteiger partial charge in [-0.25, -0.2) is 13.1 Å². The van der Waals surface area contributed by atoms with Gasteiger partial charge in [-0.15, -0.1) is 0 Å². The first kappa shape index (κ1) is 15.7. The van der Waals surface area contributed by atoms with Crippen molar-refractivity contribution < 1.29 is 12.9 Å². The fraction of sp³-hybridized carbons (Fsp3) is 0.400. The molecule has 1 aromatic carbocycles. The summed E-state index contributed by atoms with van der Waals surface area (Å²) in [7, 11) is -3.66. The van der Waals surface area contributed by atoms with Gasteiger partial charge in [-0.3, -0.25) is 0 Å². The van der Waals surface area contributed by atoms with Crippen molar-refractivity contribution in [3.05, 3.63) is 46.3 Å². The molecule has 0 unspecified atom stereocenters. The molecule has 0 bridgehead atoms. The standard InChI is InChI=1S/C15H20N2O3S/c1-9-6-7-10(2)14(8-9)11(3)17-21(18,19)15-12(4)16-20-13(15)5/h6-8,11,17H,1-5H3/t11-/m1/s1. The summed E-state index contributed by atoms with van der Waals surface area (Å²) in [5.41, 5.74) is 3.48. The second kappa shape index (κ2) is 5.61. The van der Waals surface area contributed by atoms with E-state index in [9.17, 15) is 8.42 Å². The quantitative estimate of drug-likeness (QED) is 0.942. The van der Waals surface area contributed by atoms with Crippen molar-refractivity contribution in [1.82, 2.24) is 9.88 Å². The number of benzene rings is 1. The lowest BCUT2D eigenvalue weighted by molar-refractivity contribution is 0.390. The smallest absolute Gasteiger partial charge is 0.246 e. The first-order valence-corrected chi connectivity index (χ1v) is 8.23. The van der Waals surface area contributed by atoms with E-state index < -0.39 is 10.0 Å². The topological polar surface area (TPSA) is 72.2 Å². The molecular weight excluding hydrogens is 288 g/mol. The minimum absolute atomic E-state index is 0.125. The zero-order chi connectivity index (χ0) is 15.8. The third-order valence-corrected chi connectivity index (χ3v) is 5.25. The number of sulfonamides is 1. The molecular formula is C15H20N2O3S. The highest BCUT2D eigenvalue weighted by atomic mass is 32.2. The molecule has 1 heterocycles. The number of hydrogen-bond donors (Lipinski definition) is 1. The van der Waals surface area contributed by atoms with E-state index in [1.165, 1.54) is 0 Å². The molecule has 0 amide bonds. The summed E-state index contributed by atoms with van der Waals surface area (Å²) in [6, 6.07) is 5.67. The molecule has 21 heavy (non-hydrogen) atoms. The molecule has 0 spiro atoms. The van der Waals surface area contributed by atoms with Crippen molar-refractivity contribution >= 4 is 10.0 Å². The van der Waals surface area contributed by atoms with E-state index in [2.05, 4.69) is 9.88 Å². The van der Waals surface area contributed by atoms with Gasteiger partial charge < -0.3 is 4.52 Å². The van der Waals surface area contributed by atoms with Crippen LogP contribution >= 0.6 is 0 Å². The molecule has 2 aromatic rings. The highest BCUT2D eigenvalue weighted by molar-refractivity contribution is 7.89. The summed E-state index contributed by atoms with van der Waals surface area (Å²) in [6.45, 7) is 9.00. The van der Waals surface area contributed by atoms with Crippen LogP contribution in [0.4, 0.5) is 0 Å². The average Bonchev–Trinajstić information content (AvgIpc) is 2.72. The lowest BCUT2D eigenvalue weighted by atomic mass is 10.0. The highest BCUT2D eigenvalue weighted by Crippen LogP contribution is 2.24. The summed E-state index contributed by atoms with van der Waals surface area (Å²) in [5, 5.41) is 3.70. The highest BCUT2D eigenvalue weighted by Gasteiger charge is 2.26. The van der Waals surface area contributed by atoms with Gasteiger partial charge in [0.1, 0.15) is 10.6 Å². The Labute approximate surface area is 125 Å². The number of rotatable bonds is 4. The molecule has 6 heteroatoms. The maximum absolute atomic E-state index is 12.5. The first-order chi connectivity index (χ1) is 9.72. The van der Waals surface area contributed by atoms with E-state index in [1.807, 2.05) is 39.0 Å². The van der Waals surface area contributed by atoms with Crippen LogP contribution in [0.5, 0.6) is 0 Å². The SMILES string of the molecule is Cc1ccc(C)c([C@@H](C)NS(=O)(=O)c2c(C)noc2C)c1. The minimum Gasteiger partial charge on any atom is -0.360 e. The summed E-state index contributed by atoms with van der Waals surface area (Å²) in [5.74, 6) is 0.299. The van der Waals surface area contributed by atoms with E-state index in [1.54, 1.807) is 13.8 Å². The molecule has 0 fully saturated rings. The van der Waals surface area contributed by atoms with Crippen LogP contribution in [0.2, 0.25) is 0 Å². The van der Waals surface area contributed by atoms with E-state index >= 15 is 0 Å². The van der Waals surface area contributed by atoms with Crippen LogP contribution in [0.1, 0.15) is 41.1 Å². The van der Waals surface area contributed by atoms with Gasteiger partial charge in [0.15, 0.2) is 5.76 Å². The van der Waals surface area contributed by atoms with Gasteiger partial charge in [0, 0.05) is 6.04 Å². The zero-order valence-electron chi connectivity index (χ0n) is 12.9. The summed E-state index contributed by atoms with van der Waals surface area (Å²) in [6.07, 6.45) is 0. The van der Waals surface area contributed by atoms with Gasteiger partial charge in [-0.1, -0.05) is 28.9 Å². The summed E-state index contributed by atoms with van der Waals surface area (Å²) >= 11 is 0. The monoisotopic (exact) mass is 308 g/mol. The van der Waals surface area contributed by atoms with Crippen molar-refractivity contribution in [2.45, 2.75) is 45.6 Å². The van der Waals surface area contributed by atoms with Crippen molar-refractivity contribution in [1.29, 1.82) is 0 Å². The minimum atomic E-state index is -3.66. The second-order valence-electron chi connectivity index (χ2n) is 5.36. The molecule has 1 atom stereocenters. The Morgan fingerprint density at radius 1 is 1.19 bits per heavy atom. The number of nitrogens with zero attached hydrogens (tertiary/aromatic N) is 1. The molecule has 5 nitrogen and oxygen atoms in total. The second-order valence-corrected chi connectivity index (χ2v) is 7.01. The van der Waals surface area contributed by atoms with Crippen molar-refractivity contribution in [3.8, 4) is 0 Å². The number of aryl methyl sites for hydroxylation is 4. The maximum Gasteiger partial charge on any atom is 0.246 e. The van der Waals surface area contributed by atoms with Crippen LogP contribution in [0.3, 0.4) is 0 Å². The molecule has 114 valence electrons. The van der Waals surface area contributed by atoms with E-state index in [0.29, 0.717) is 11.5 Å². The third-order valence-electron chi connectivity index (χ3n) is 3.47. The van der Waals surface area contributed by atoms with E-state index in [4.69, 9.17) is 4.52 Å². The molecule has 0 aliphatic carbocycles. The molecule has 0 aliphatic heterocycles. The molecule has 0 radical (unpaired) electrons. The van der Waals surface area contributed by atoms with E-state index in [0.717, 1.165) is 16.7 Å². The van der Waals surface area contributed by atoms with Crippen LogP contribution in [0, 0.1) is 27.7 Å². The molecule has 1 N–H and O–H groups in total. The van der Waals surface area contributed by atoms with Gasteiger partial charge in [0.2, 0.25) is 10.0 Å². The van der Waals surface area contributed by atoms with Crippen LogP contribution in [-0.2, 0) is 10.0 Å². The van der Waals surface area contributed by atoms with Crippen LogP contribution < -0.4 is 4.72 Å². The molecule has 2 rings (SSSR count). The Morgan fingerprint density at radius 2 is 1.86 bits per heavy atom. The number of hydrogen-bond acceptors (Lipinski definition) is 4. The van der Waals surface area contributed by atoms with Crippen molar-refractivity contribution in [2.75, 3.05) is 0 Å². The summed E-state index contributed by atoms with van der Waals surface area (Å²) < 4.78 is 32.6. The van der Waals surface area contributed by atoms with Crippen LogP contribution in [0.15, 0.2) is 27.6 Å². The fourth-order valence-corrected chi connectivity index (χ4v) is 3.99. The maximum atomic E-state index is 12.5. The largest absolute Gasteiger partial charge is 0.360 e. The average molecular weight is 308 g/mol. The predicted molar refractivity (Wildman–Crippen MR) is 80.6 cm³/mol. The Bertz CT molecular complexity index is 744. The lowest BCUT2D eigenvalue weighted by Gasteiger charge is -2.17. The van der Waals surface area contributed by atoms with Gasteiger partial charge in [-0.2, -0.15) is 0 Å². The Hall–Kier alpha value is -1.66. The lowest BCUT2D eigenvalue weighted by Crippen LogP contribution is -2.28. The zero-order valence-corrected chi connectivity index (χ0v) is 13.7. The van der Waals surface area contributed by atoms with Crippen LogP contribution in [0.25, 0.3) is 0 Å².